The maximum atomic E-state index is 13.0. The highest BCUT2D eigenvalue weighted by Gasteiger charge is 2.36. The standard InChI is InChI=1S/C22H29N2O5P.BrH/c1-2-20(23)30(28,29)15-18(13-16-9-5-3-6-10-16)21(25)24-19(22(26)27)14-17-11-7-4-8-12-17;/h3-12,18-20H,2,13-15,23H2,1H3,(H,24,25)(H,26,27)(H,28,29);1H/t18-,19+,20-;/m1./s1. The summed E-state index contributed by atoms with van der Waals surface area (Å²) < 4.78 is 12.8. The second kappa shape index (κ2) is 12.8. The topological polar surface area (TPSA) is 131 Å². The van der Waals surface area contributed by atoms with Crippen LogP contribution < -0.4 is 28.0 Å². The highest BCUT2D eigenvalue weighted by atomic mass is 79.9. The molecule has 0 aliphatic rings. The van der Waals surface area contributed by atoms with Gasteiger partial charge in [-0.1, -0.05) is 67.6 Å². The van der Waals surface area contributed by atoms with Gasteiger partial charge in [-0.25, -0.2) is 4.79 Å². The fourth-order valence-corrected chi connectivity index (χ4v) is 5.02. The molecule has 4 atom stereocenters. The Hall–Kier alpha value is -1.99. The van der Waals surface area contributed by atoms with E-state index in [4.69, 9.17) is 0 Å². The largest absolute Gasteiger partial charge is 1.00 e. The van der Waals surface area contributed by atoms with Crippen LogP contribution in [0.1, 0.15) is 24.5 Å². The van der Waals surface area contributed by atoms with Crippen LogP contribution in [-0.4, -0.2) is 39.9 Å². The van der Waals surface area contributed by atoms with Crippen LogP contribution in [0.2, 0.25) is 0 Å². The van der Waals surface area contributed by atoms with Crippen LogP contribution in [0.25, 0.3) is 0 Å². The number of amides is 1. The van der Waals surface area contributed by atoms with Crippen molar-refractivity contribution in [1.82, 2.24) is 5.32 Å². The summed E-state index contributed by atoms with van der Waals surface area (Å²) in [5.41, 5.74) is 5.37. The fraction of sp³-hybridized carbons (Fsp3) is 0.364. The normalized spacial score (nSPS) is 15.6. The molecule has 1 unspecified atom stereocenters. The maximum Gasteiger partial charge on any atom is 0.326 e. The van der Waals surface area contributed by atoms with Crippen molar-refractivity contribution in [3.63, 3.8) is 0 Å². The Kier molecular flexibility index (Phi) is 11.1. The third kappa shape index (κ3) is 8.57. The average Bonchev–Trinajstić information content (AvgIpc) is 2.73. The number of hydrogen-bond donors (Lipinski definition) is 4. The Bertz CT molecular complexity index is 882. The molecule has 0 aliphatic carbocycles. The Morgan fingerprint density at radius 3 is 1.94 bits per heavy atom. The maximum absolute atomic E-state index is 13.0. The third-order valence-electron chi connectivity index (χ3n) is 5.12. The molecule has 1 amide bonds. The molecule has 0 spiro atoms. The van der Waals surface area contributed by atoms with E-state index < -0.39 is 37.0 Å². The molecule has 0 fully saturated rings. The SMILES string of the molecule is CC[C@H]([NH3+])P(=O)(O)C[C@@H](Cc1ccccc1)C(=O)N[C@@H](Cc1ccccc1)C(=O)O.[Br-]. The summed E-state index contributed by atoms with van der Waals surface area (Å²) in [4.78, 5) is 35.2. The number of halogens is 1. The number of rotatable bonds is 11. The summed E-state index contributed by atoms with van der Waals surface area (Å²) in [6.07, 6.45) is 0.543. The molecule has 0 heterocycles. The summed E-state index contributed by atoms with van der Waals surface area (Å²) >= 11 is 0. The second-order valence-corrected chi connectivity index (χ2v) is 10.1. The Balaban J connectivity index is 0.00000480. The molecule has 0 bridgehead atoms. The van der Waals surface area contributed by atoms with Gasteiger partial charge in [0.15, 0.2) is 5.78 Å². The van der Waals surface area contributed by atoms with E-state index in [2.05, 4.69) is 11.1 Å². The second-order valence-electron chi connectivity index (χ2n) is 7.48. The Labute approximate surface area is 193 Å². The molecule has 7 nitrogen and oxygen atoms in total. The van der Waals surface area contributed by atoms with Crippen LogP contribution in [0.15, 0.2) is 60.7 Å². The number of aliphatic carboxylic acids is 1. The first-order valence-electron chi connectivity index (χ1n) is 9.98. The first kappa shape index (κ1) is 27.0. The minimum absolute atomic E-state index is 0. The summed E-state index contributed by atoms with van der Waals surface area (Å²) in [7, 11) is -3.68. The minimum Gasteiger partial charge on any atom is -1.00 e. The Morgan fingerprint density at radius 1 is 1.00 bits per heavy atom. The van der Waals surface area contributed by atoms with E-state index in [1.165, 1.54) is 0 Å². The van der Waals surface area contributed by atoms with Crippen molar-refractivity contribution in [2.45, 2.75) is 38.0 Å². The smallest absolute Gasteiger partial charge is 0.326 e. The molecule has 6 N–H and O–H groups in total. The first-order valence-corrected chi connectivity index (χ1v) is 11.9. The van der Waals surface area contributed by atoms with Gasteiger partial charge in [0.05, 0.1) is 5.92 Å². The molecule has 170 valence electrons. The highest BCUT2D eigenvalue weighted by molar-refractivity contribution is 7.58. The van der Waals surface area contributed by atoms with Gasteiger partial charge >= 0.3 is 5.97 Å². The molecule has 2 rings (SSSR count). The van der Waals surface area contributed by atoms with Crippen molar-refractivity contribution in [2.75, 3.05) is 6.16 Å². The van der Waals surface area contributed by atoms with Crippen molar-refractivity contribution in [1.29, 1.82) is 0 Å². The number of carbonyl (C=O) groups excluding carboxylic acids is 1. The van der Waals surface area contributed by atoms with Crippen molar-refractivity contribution >= 4 is 19.2 Å². The van der Waals surface area contributed by atoms with E-state index in [1.807, 2.05) is 36.4 Å². The van der Waals surface area contributed by atoms with E-state index in [0.29, 0.717) is 6.42 Å². The molecule has 31 heavy (non-hydrogen) atoms. The minimum atomic E-state index is -3.68. The number of nitrogens with one attached hydrogen (secondary N) is 1. The zero-order valence-corrected chi connectivity index (χ0v) is 20.0. The van der Waals surface area contributed by atoms with Crippen molar-refractivity contribution < 1.29 is 46.9 Å². The van der Waals surface area contributed by atoms with Crippen LogP contribution in [0.4, 0.5) is 0 Å². The molecule has 2 aromatic carbocycles. The lowest BCUT2D eigenvalue weighted by Crippen LogP contribution is -3.00. The summed E-state index contributed by atoms with van der Waals surface area (Å²) in [6, 6.07) is 17.1. The molecule has 0 aromatic heterocycles. The zero-order chi connectivity index (χ0) is 22.1. The van der Waals surface area contributed by atoms with E-state index >= 15 is 0 Å². The van der Waals surface area contributed by atoms with Gasteiger partial charge in [-0.15, -0.1) is 0 Å². The Morgan fingerprint density at radius 2 is 1.48 bits per heavy atom. The van der Waals surface area contributed by atoms with Crippen molar-refractivity contribution in [2.24, 2.45) is 5.92 Å². The number of hydrogen-bond acceptors (Lipinski definition) is 3. The van der Waals surface area contributed by atoms with Gasteiger partial charge in [-0.05, 0) is 17.5 Å². The lowest BCUT2D eigenvalue weighted by molar-refractivity contribution is -0.391. The summed E-state index contributed by atoms with van der Waals surface area (Å²) in [6.45, 7) is 1.77. The van der Waals surface area contributed by atoms with E-state index in [1.54, 1.807) is 31.2 Å². The molecular weight excluding hydrogens is 483 g/mol. The lowest BCUT2D eigenvalue weighted by Gasteiger charge is -2.24. The van der Waals surface area contributed by atoms with Crippen LogP contribution in [0.5, 0.6) is 0 Å². The van der Waals surface area contributed by atoms with Gasteiger partial charge < -0.3 is 38.0 Å². The molecule has 9 heteroatoms. The molecule has 0 saturated heterocycles. The van der Waals surface area contributed by atoms with Gasteiger partial charge in [0, 0.05) is 19.0 Å². The van der Waals surface area contributed by atoms with Crippen molar-refractivity contribution in [3.8, 4) is 0 Å². The lowest BCUT2D eigenvalue weighted by atomic mass is 9.99. The van der Waals surface area contributed by atoms with Gasteiger partial charge in [0.25, 0.3) is 7.37 Å². The average molecular weight is 513 g/mol. The summed E-state index contributed by atoms with van der Waals surface area (Å²) in [5.74, 6) is -3.21. The zero-order valence-electron chi connectivity index (χ0n) is 17.5. The van der Waals surface area contributed by atoms with Gasteiger partial charge in [-0.2, -0.15) is 0 Å². The van der Waals surface area contributed by atoms with Crippen LogP contribution in [-0.2, 0) is 27.0 Å². The van der Waals surface area contributed by atoms with Crippen LogP contribution in [0, 0.1) is 5.92 Å². The summed E-state index contributed by atoms with van der Waals surface area (Å²) in [5, 5.41) is 12.2. The number of carbonyl (C=O) groups is 2. The predicted octanol–water partition coefficient (Wildman–Crippen LogP) is -1.09. The number of benzene rings is 2. The molecule has 2 aromatic rings. The number of carboxylic acids is 1. The van der Waals surface area contributed by atoms with Crippen LogP contribution >= 0.6 is 7.37 Å². The number of carboxylic acid groups (broad SMARTS) is 1. The first-order chi connectivity index (χ1) is 14.2. The molecular formula is C22H30BrN2O5P. The van der Waals surface area contributed by atoms with Gasteiger partial charge in [-0.3, -0.25) is 9.36 Å². The fourth-order valence-electron chi connectivity index (χ4n) is 3.23. The quantitative estimate of drug-likeness (QED) is 0.284. The van der Waals surface area contributed by atoms with E-state index in [0.717, 1.165) is 11.1 Å². The van der Waals surface area contributed by atoms with E-state index in [9.17, 15) is 24.2 Å². The molecule has 0 radical (unpaired) electrons. The van der Waals surface area contributed by atoms with Crippen LogP contribution in [0.3, 0.4) is 0 Å². The number of quaternary nitrogens is 1. The molecule has 0 aliphatic heterocycles. The molecule has 0 saturated carbocycles. The highest BCUT2D eigenvalue weighted by Crippen LogP contribution is 2.46. The predicted molar refractivity (Wildman–Crippen MR) is 115 cm³/mol. The van der Waals surface area contributed by atoms with Crippen molar-refractivity contribution in [3.05, 3.63) is 71.8 Å². The van der Waals surface area contributed by atoms with Gasteiger partial charge in [0.1, 0.15) is 6.04 Å². The van der Waals surface area contributed by atoms with Gasteiger partial charge in [0.2, 0.25) is 5.91 Å². The monoisotopic (exact) mass is 512 g/mol. The third-order valence-corrected chi connectivity index (χ3v) is 7.59. The van der Waals surface area contributed by atoms with E-state index in [-0.39, 0.29) is 36.0 Å².